The predicted octanol–water partition coefficient (Wildman–Crippen LogP) is 12.8. The van der Waals surface area contributed by atoms with Gasteiger partial charge in [0.05, 0.1) is 22.1 Å². The highest BCUT2D eigenvalue weighted by atomic mass is 35.5. The van der Waals surface area contributed by atoms with Crippen LogP contribution in [0, 0.1) is 0 Å². The van der Waals surface area contributed by atoms with Crippen LogP contribution in [0.15, 0.2) is 170 Å². The summed E-state index contributed by atoms with van der Waals surface area (Å²) < 4.78 is 4.60. The number of rotatable bonds is 23. The Labute approximate surface area is 364 Å². The number of benzene rings is 4. The van der Waals surface area contributed by atoms with E-state index in [1.165, 1.54) is 43.1 Å². The Balaban J connectivity index is 1.04. The summed E-state index contributed by atoms with van der Waals surface area (Å²) in [5, 5.41) is 3.88. The number of thioether (sulfide) groups is 2. The van der Waals surface area contributed by atoms with Gasteiger partial charge in [-0.15, -0.1) is 49.8 Å². The minimum Gasteiger partial charge on any atom is -0.370 e. The van der Waals surface area contributed by atoms with Crippen molar-refractivity contribution in [1.82, 2.24) is 0 Å². The quantitative estimate of drug-likeness (QED) is 0.0276. The van der Waals surface area contributed by atoms with E-state index in [2.05, 4.69) is 143 Å². The largest absolute Gasteiger partial charge is 0.370 e. The molecule has 298 valence electrons. The van der Waals surface area contributed by atoms with Gasteiger partial charge in [0, 0.05) is 92.9 Å². The van der Waals surface area contributed by atoms with Crippen molar-refractivity contribution in [3.63, 3.8) is 0 Å². The normalized spacial score (nSPS) is 11.1. The van der Waals surface area contributed by atoms with E-state index in [-0.39, 0.29) is 0 Å². The van der Waals surface area contributed by atoms with E-state index in [0.717, 1.165) is 97.5 Å². The Hall–Kier alpha value is -4.46. The zero-order chi connectivity index (χ0) is 40.7. The van der Waals surface area contributed by atoms with E-state index in [4.69, 9.17) is 23.2 Å². The van der Waals surface area contributed by atoms with Crippen LogP contribution in [0.1, 0.15) is 36.8 Å². The lowest BCUT2D eigenvalue weighted by atomic mass is 10.1. The van der Waals surface area contributed by atoms with Crippen LogP contribution in [-0.2, 0) is 13.1 Å². The fourth-order valence-corrected chi connectivity index (χ4v) is 9.32. The molecule has 0 amide bonds. The smallest absolute Gasteiger partial charge is 0.216 e. The Morgan fingerprint density at radius 3 is 1.19 bits per heavy atom. The van der Waals surface area contributed by atoms with Gasteiger partial charge in [-0.25, -0.2) is 0 Å². The molecule has 8 heteroatoms. The first-order chi connectivity index (χ1) is 28.4. The van der Waals surface area contributed by atoms with Gasteiger partial charge < -0.3 is 9.80 Å². The van der Waals surface area contributed by atoms with Crippen molar-refractivity contribution in [3.05, 3.63) is 181 Å². The molecule has 4 nitrogen and oxygen atoms in total. The third kappa shape index (κ3) is 11.6. The van der Waals surface area contributed by atoms with Crippen LogP contribution < -0.4 is 18.9 Å². The molecule has 0 aliphatic carbocycles. The third-order valence-corrected chi connectivity index (χ3v) is 12.9. The first-order valence-corrected chi connectivity index (χ1v) is 22.7. The average molecular weight is 846 g/mol. The lowest BCUT2D eigenvalue weighted by Gasteiger charge is -2.25. The summed E-state index contributed by atoms with van der Waals surface area (Å²) in [6.07, 6.45) is 16.0. The van der Waals surface area contributed by atoms with E-state index < -0.39 is 0 Å². The van der Waals surface area contributed by atoms with Crippen LogP contribution in [0.3, 0.4) is 0 Å². The summed E-state index contributed by atoms with van der Waals surface area (Å²) in [5.41, 5.74) is 7.20. The molecule has 0 N–H and O–H groups in total. The van der Waals surface area contributed by atoms with Crippen LogP contribution in [0.2, 0.25) is 10.0 Å². The molecule has 2 heterocycles. The van der Waals surface area contributed by atoms with Gasteiger partial charge in [0.15, 0.2) is 25.5 Å². The highest BCUT2D eigenvalue weighted by Gasteiger charge is 2.20. The van der Waals surface area contributed by atoms with Gasteiger partial charge in [-0.1, -0.05) is 71.8 Å². The van der Waals surface area contributed by atoms with Crippen molar-refractivity contribution >= 4 is 79.9 Å². The number of halogens is 2. The average Bonchev–Trinajstić information content (AvgIpc) is 3.24. The van der Waals surface area contributed by atoms with Crippen LogP contribution in [0.25, 0.3) is 21.8 Å². The maximum absolute atomic E-state index is 6.54. The van der Waals surface area contributed by atoms with Crippen LogP contribution in [-0.4, -0.2) is 37.7 Å². The number of nitrogens with zero attached hydrogens (tertiary/aromatic N) is 4. The first kappa shape index (κ1) is 43.1. The summed E-state index contributed by atoms with van der Waals surface area (Å²) in [6, 6.07) is 34.9. The van der Waals surface area contributed by atoms with Gasteiger partial charge >= 0.3 is 0 Å². The van der Waals surface area contributed by atoms with E-state index in [1.54, 1.807) is 0 Å². The molecule has 0 spiro atoms. The molecule has 0 unspecified atom stereocenters. The molecule has 0 bridgehead atoms. The third-order valence-electron chi connectivity index (χ3n) is 10.2. The lowest BCUT2D eigenvalue weighted by Crippen LogP contribution is -2.36. The van der Waals surface area contributed by atoms with Crippen molar-refractivity contribution < 1.29 is 9.13 Å². The second-order valence-corrected chi connectivity index (χ2v) is 17.5. The molecular weight excluding hydrogens is 792 g/mol. The Morgan fingerprint density at radius 2 is 0.845 bits per heavy atom. The molecule has 0 saturated carbocycles. The second-order valence-electron chi connectivity index (χ2n) is 14.2. The van der Waals surface area contributed by atoms with Crippen molar-refractivity contribution in [3.8, 4) is 0 Å². The molecular formula is C50H54Cl2N4S2+2. The number of anilines is 2. The molecule has 6 rings (SSSR count). The van der Waals surface area contributed by atoms with Crippen molar-refractivity contribution in [2.75, 3.05) is 47.5 Å². The summed E-state index contributed by atoms with van der Waals surface area (Å²) in [7, 11) is 0. The van der Waals surface area contributed by atoms with Gasteiger partial charge in [0.1, 0.15) is 0 Å². The molecule has 0 fully saturated rings. The maximum atomic E-state index is 6.54. The standard InChI is InChI=1S/C50H54Cl2N4S2/c1-5-9-27-53(28-10-6-2)47-25-31-55(49-35-41(51)17-23-45(47)49)37-39-13-19-43(20-14-39)57-33-34-58-44-21-15-40(16-22-44)38-56-32-26-48(46-24-18-42(52)36-50(46)56)54(29-11-7-3)30-12-8-4/h5-8,13-26,31-32,35-36H,1-4,9-12,27-30,33-34,37-38H2/q+2. The number of aromatic nitrogens is 2. The Bertz CT molecular complexity index is 2140. The minimum absolute atomic E-state index is 0.740. The number of hydrogen-bond acceptors (Lipinski definition) is 4. The molecule has 0 atom stereocenters. The van der Waals surface area contributed by atoms with Gasteiger partial charge in [-0.2, -0.15) is 9.13 Å². The SMILES string of the molecule is C=CCCN(CCC=C)c1cc[n+](Cc2ccc(SCCSc3ccc(C[n+]4ccc(N(CCC=C)CCC=C)c5ccc(Cl)cc54)cc3)cc2)c2cc(Cl)ccc12. The molecule has 0 aliphatic rings. The van der Waals surface area contributed by atoms with Gasteiger partial charge in [0.2, 0.25) is 11.0 Å². The van der Waals surface area contributed by atoms with Gasteiger partial charge in [0.25, 0.3) is 0 Å². The molecule has 6 aromatic rings. The van der Waals surface area contributed by atoms with Crippen LogP contribution in [0.5, 0.6) is 0 Å². The molecule has 0 aliphatic heterocycles. The monoisotopic (exact) mass is 844 g/mol. The number of pyridine rings is 2. The summed E-state index contributed by atoms with van der Waals surface area (Å²) in [4.78, 5) is 7.42. The van der Waals surface area contributed by atoms with Gasteiger partial charge in [-0.05, 0) is 74.2 Å². The van der Waals surface area contributed by atoms with E-state index in [1.807, 2.05) is 60.0 Å². The zero-order valence-electron chi connectivity index (χ0n) is 33.4. The predicted molar refractivity (Wildman–Crippen MR) is 255 cm³/mol. The highest BCUT2D eigenvalue weighted by molar-refractivity contribution is 8.03. The fraction of sp³-hybridized carbons (Fsp3) is 0.240. The van der Waals surface area contributed by atoms with Crippen molar-refractivity contribution in [2.24, 2.45) is 0 Å². The summed E-state index contributed by atoms with van der Waals surface area (Å²) in [6.45, 7) is 21.0. The van der Waals surface area contributed by atoms with Crippen LogP contribution in [0.4, 0.5) is 11.4 Å². The molecule has 0 radical (unpaired) electrons. The molecule has 4 aromatic carbocycles. The first-order valence-electron chi connectivity index (χ1n) is 20.0. The second kappa shape index (κ2) is 22.1. The molecule has 2 aromatic heterocycles. The van der Waals surface area contributed by atoms with Crippen molar-refractivity contribution in [1.29, 1.82) is 0 Å². The summed E-state index contributed by atoms with van der Waals surface area (Å²) >= 11 is 16.9. The Kier molecular flexibility index (Phi) is 16.4. The number of fused-ring (bicyclic) bond motifs is 2. The van der Waals surface area contributed by atoms with Crippen LogP contribution >= 0.6 is 46.7 Å². The van der Waals surface area contributed by atoms with E-state index in [9.17, 15) is 0 Å². The summed E-state index contributed by atoms with van der Waals surface area (Å²) in [5.74, 6) is 2.07. The topological polar surface area (TPSA) is 14.2 Å². The lowest BCUT2D eigenvalue weighted by molar-refractivity contribution is -0.662. The molecule has 0 saturated heterocycles. The Morgan fingerprint density at radius 1 is 0.483 bits per heavy atom. The highest BCUT2D eigenvalue weighted by Crippen LogP contribution is 2.30. The van der Waals surface area contributed by atoms with E-state index in [0.29, 0.717) is 0 Å². The van der Waals surface area contributed by atoms with Crippen molar-refractivity contribution in [2.45, 2.75) is 48.6 Å². The zero-order valence-corrected chi connectivity index (χ0v) is 36.5. The maximum Gasteiger partial charge on any atom is 0.216 e. The van der Waals surface area contributed by atoms with Gasteiger partial charge in [-0.3, -0.25) is 0 Å². The fourth-order valence-electron chi connectivity index (χ4n) is 7.20. The van der Waals surface area contributed by atoms with E-state index >= 15 is 0 Å². The molecule has 58 heavy (non-hydrogen) atoms. The minimum atomic E-state index is 0.740. The number of hydrogen-bond donors (Lipinski definition) is 0.